The third-order valence-electron chi connectivity index (χ3n) is 4.93. The highest BCUT2D eigenvalue weighted by Gasteiger charge is 2.21. The normalized spacial score (nSPS) is 11.3. The zero-order valence-corrected chi connectivity index (χ0v) is 19.5. The Hall–Kier alpha value is -2.75. The molecule has 2 N–H and O–H groups in total. The number of aromatic amines is 1. The molecule has 1 aromatic carbocycles. The van der Waals surface area contributed by atoms with Crippen LogP contribution in [0.25, 0.3) is 33.5 Å². The van der Waals surface area contributed by atoms with Crippen molar-refractivity contribution in [1.82, 2.24) is 34.9 Å². The minimum atomic E-state index is -0.481. The van der Waals surface area contributed by atoms with Gasteiger partial charge in [0.25, 0.3) is 5.91 Å². The molecule has 32 heavy (non-hydrogen) atoms. The van der Waals surface area contributed by atoms with Gasteiger partial charge >= 0.3 is 0 Å². The van der Waals surface area contributed by atoms with Gasteiger partial charge in [0.05, 0.1) is 29.2 Å². The average Bonchev–Trinajstić information content (AvgIpc) is 3.31. The average molecular weight is 480 g/mol. The largest absolute Gasteiger partial charge is 0.352 e. The molecule has 0 unspecified atom stereocenters. The Balaban J connectivity index is 0.00000289. The lowest BCUT2D eigenvalue weighted by molar-refractivity contribution is 0.0955. The van der Waals surface area contributed by atoms with Gasteiger partial charge in [0.1, 0.15) is 22.7 Å². The maximum Gasteiger partial charge on any atom is 0.255 e. The van der Waals surface area contributed by atoms with Gasteiger partial charge in [-0.25, -0.2) is 14.4 Å². The molecule has 0 aliphatic rings. The van der Waals surface area contributed by atoms with Gasteiger partial charge in [-0.15, -0.1) is 12.4 Å². The summed E-state index contributed by atoms with van der Waals surface area (Å²) in [5.41, 5.74) is 2.60. The first kappa shape index (κ1) is 23.9. The van der Waals surface area contributed by atoms with Crippen LogP contribution in [0, 0.1) is 5.82 Å². The summed E-state index contributed by atoms with van der Waals surface area (Å²) in [4.78, 5) is 26.5. The zero-order valence-electron chi connectivity index (χ0n) is 17.9. The number of nitrogens with one attached hydrogen (secondary N) is 2. The molecule has 4 aromatic rings. The molecule has 0 bridgehead atoms. The van der Waals surface area contributed by atoms with E-state index in [1.807, 2.05) is 25.9 Å². The van der Waals surface area contributed by atoms with Crippen molar-refractivity contribution in [1.29, 1.82) is 0 Å². The van der Waals surface area contributed by atoms with Crippen molar-refractivity contribution in [2.24, 2.45) is 0 Å². The molecule has 8 nitrogen and oxygen atoms in total. The van der Waals surface area contributed by atoms with Crippen molar-refractivity contribution in [2.75, 3.05) is 27.2 Å². The van der Waals surface area contributed by atoms with E-state index in [2.05, 4.69) is 25.4 Å². The number of fused-ring (bicyclic) bond motifs is 2. The van der Waals surface area contributed by atoms with E-state index < -0.39 is 5.82 Å². The second kappa shape index (κ2) is 9.81. The first-order valence-electron chi connectivity index (χ1n) is 10.0. The Bertz CT molecular complexity index is 1270. The van der Waals surface area contributed by atoms with Crippen LogP contribution in [0.5, 0.6) is 0 Å². The van der Waals surface area contributed by atoms with Crippen molar-refractivity contribution in [2.45, 2.75) is 19.9 Å². The molecule has 11 heteroatoms. The van der Waals surface area contributed by atoms with Gasteiger partial charge in [-0.3, -0.25) is 9.48 Å². The summed E-state index contributed by atoms with van der Waals surface area (Å²) in [5.74, 6) is -0.718. The molecule has 0 fully saturated rings. The van der Waals surface area contributed by atoms with Crippen LogP contribution in [-0.4, -0.2) is 62.7 Å². The van der Waals surface area contributed by atoms with Crippen LogP contribution in [0.3, 0.4) is 0 Å². The number of carbonyl (C=O) groups excluding carboxylic acids is 1. The molecule has 1 amide bonds. The van der Waals surface area contributed by atoms with Crippen LogP contribution in [0.15, 0.2) is 24.5 Å². The lowest BCUT2D eigenvalue weighted by Gasteiger charge is -2.10. The minimum Gasteiger partial charge on any atom is -0.352 e. The van der Waals surface area contributed by atoms with Crippen LogP contribution < -0.4 is 5.32 Å². The monoisotopic (exact) mass is 479 g/mol. The molecule has 0 saturated heterocycles. The smallest absolute Gasteiger partial charge is 0.255 e. The van der Waals surface area contributed by atoms with Gasteiger partial charge in [-0.1, -0.05) is 18.5 Å². The first-order valence-corrected chi connectivity index (χ1v) is 10.4. The highest BCUT2D eigenvalue weighted by atomic mass is 35.5. The Labute approximate surface area is 195 Å². The van der Waals surface area contributed by atoms with Gasteiger partial charge in [0.15, 0.2) is 5.65 Å². The van der Waals surface area contributed by atoms with Crippen molar-refractivity contribution in [3.63, 3.8) is 0 Å². The molecule has 0 radical (unpaired) electrons. The second-order valence-corrected chi connectivity index (χ2v) is 8.00. The van der Waals surface area contributed by atoms with Crippen LogP contribution in [0.4, 0.5) is 4.39 Å². The number of aromatic nitrogens is 5. The Morgan fingerprint density at radius 2 is 2.12 bits per heavy atom. The molecule has 0 aliphatic heterocycles. The van der Waals surface area contributed by atoms with Gasteiger partial charge in [-0.05, 0) is 32.6 Å². The van der Waals surface area contributed by atoms with Crippen molar-refractivity contribution >= 4 is 52.0 Å². The van der Waals surface area contributed by atoms with Crippen LogP contribution >= 0.6 is 24.0 Å². The quantitative estimate of drug-likeness (QED) is 0.419. The molecule has 170 valence electrons. The van der Waals surface area contributed by atoms with E-state index in [0.29, 0.717) is 63.7 Å². The van der Waals surface area contributed by atoms with E-state index in [9.17, 15) is 9.18 Å². The second-order valence-electron chi connectivity index (χ2n) is 7.57. The molecule has 0 saturated carbocycles. The summed E-state index contributed by atoms with van der Waals surface area (Å²) in [7, 11) is 3.91. The SMILES string of the molecule is CCCNC(=O)c1c[nH]c2ncc(-c3nn(CCN(C)C)c4cc(Cl)cc(F)c34)nc12.Cl. The van der Waals surface area contributed by atoms with E-state index >= 15 is 0 Å². The molecule has 0 aliphatic carbocycles. The maximum absolute atomic E-state index is 14.9. The highest BCUT2D eigenvalue weighted by Crippen LogP contribution is 2.32. The Morgan fingerprint density at radius 1 is 1.34 bits per heavy atom. The van der Waals surface area contributed by atoms with Crippen LogP contribution in [0.1, 0.15) is 23.7 Å². The van der Waals surface area contributed by atoms with E-state index in [1.54, 1.807) is 16.9 Å². The van der Waals surface area contributed by atoms with Gasteiger partial charge in [0, 0.05) is 24.3 Å². The molecule has 0 atom stereocenters. The lowest BCUT2D eigenvalue weighted by Crippen LogP contribution is -2.23. The number of carbonyl (C=O) groups is 1. The molecular weight excluding hydrogens is 456 g/mol. The fourth-order valence-corrected chi connectivity index (χ4v) is 3.58. The number of halogens is 3. The summed E-state index contributed by atoms with van der Waals surface area (Å²) in [6.07, 6.45) is 3.93. The summed E-state index contributed by atoms with van der Waals surface area (Å²) in [6.45, 7) is 3.81. The predicted octanol–water partition coefficient (Wildman–Crippen LogP) is 3.89. The van der Waals surface area contributed by atoms with E-state index in [1.165, 1.54) is 12.3 Å². The fourth-order valence-electron chi connectivity index (χ4n) is 3.38. The van der Waals surface area contributed by atoms with Crippen molar-refractivity contribution in [3.05, 3.63) is 40.9 Å². The van der Waals surface area contributed by atoms with Gasteiger partial charge in [0.2, 0.25) is 0 Å². The number of rotatable bonds is 7. The summed E-state index contributed by atoms with van der Waals surface area (Å²) in [5, 5.41) is 8.08. The number of nitrogens with zero attached hydrogens (tertiary/aromatic N) is 5. The van der Waals surface area contributed by atoms with Crippen molar-refractivity contribution in [3.8, 4) is 11.4 Å². The Kier molecular flexibility index (Phi) is 7.33. The number of benzene rings is 1. The number of hydrogen-bond donors (Lipinski definition) is 2. The maximum atomic E-state index is 14.9. The molecule has 0 spiro atoms. The Morgan fingerprint density at radius 3 is 2.84 bits per heavy atom. The van der Waals surface area contributed by atoms with Crippen LogP contribution in [-0.2, 0) is 6.54 Å². The highest BCUT2D eigenvalue weighted by molar-refractivity contribution is 6.31. The number of H-pyrrole nitrogens is 1. The molecule has 3 aromatic heterocycles. The minimum absolute atomic E-state index is 0. The van der Waals surface area contributed by atoms with Crippen molar-refractivity contribution < 1.29 is 9.18 Å². The first-order chi connectivity index (χ1) is 14.9. The standard InChI is InChI=1S/C21H23ClFN7O.ClH/c1-4-5-24-21(31)13-10-25-20-18(13)27-15(11-26-20)19-17-14(23)8-12(22)9-16(17)30(28-19)7-6-29(2)3;/h8-11H,4-7H2,1-3H3,(H,24,31)(H,25,26);1H. The number of amides is 1. The summed E-state index contributed by atoms with van der Waals surface area (Å²) >= 11 is 6.11. The number of hydrogen-bond acceptors (Lipinski definition) is 5. The molecule has 3 heterocycles. The number of likely N-dealkylation sites (N-methyl/N-ethyl adjacent to an activating group) is 1. The van der Waals surface area contributed by atoms with Crippen LogP contribution in [0.2, 0.25) is 5.02 Å². The fraction of sp³-hybridized carbons (Fsp3) is 0.333. The predicted molar refractivity (Wildman–Crippen MR) is 126 cm³/mol. The zero-order chi connectivity index (χ0) is 22.1. The van der Waals surface area contributed by atoms with Gasteiger partial charge < -0.3 is 15.2 Å². The topological polar surface area (TPSA) is 91.7 Å². The van der Waals surface area contributed by atoms with Gasteiger partial charge in [-0.2, -0.15) is 5.10 Å². The summed E-state index contributed by atoms with van der Waals surface area (Å²) in [6, 6.07) is 2.95. The van der Waals surface area contributed by atoms with E-state index in [4.69, 9.17) is 11.6 Å². The third kappa shape index (κ3) is 4.55. The lowest BCUT2D eigenvalue weighted by atomic mass is 10.1. The summed E-state index contributed by atoms with van der Waals surface area (Å²) < 4.78 is 16.7. The molecule has 4 rings (SSSR count). The molecular formula is C21H24Cl2FN7O. The van der Waals surface area contributed by atoms with E-state index in [0.717, 1.165) is 6.42 Å². The van der Waals surface area contributed by atoms with E-state index in [-0.39, 0.29) is 18.3 Å². The third-order valence-corrected chi connectivity index (χ3v) is 5.15.